The van der Waals surface area contributed by atoms with Gasteiger partial charge in [-0.1, -0.05) is 13.8 Å². The molecule has 1 N–H and O–H groups in total. The van der Waals surface area contributed by atoms with E-state index in [2.05, 4.69) is 24.1 Å². The second-order valence-corrected chi connectivity index (χ2v) is 6.79. The lowest BCUT2D eigenvalue weighted by Crippen LogP contribution is -2.43. The van der Waals surface area contributed by atoms with Crippen molar-refractivity contribution in [1.82, 2.24) is 10.2 Å². The Balaban J connectivity index is 1.54. The second-order valence-electron chi connectivity index (χ2n) is 6.79. The van der Waals surface area contributed by atoms with Crippen LogP contribution in [0.15, 0.2) is 0 Å². The lowest BCUT2D eigenvalue weighted by atomic mass is 9.88. The summed E-state index contributed by atoms with van der Waals surface area (Å²) < 4.78 is 5.99. The Hall–Kier alpha value is -0.120. The first-order chi connectivity index (χ1) is 8.72. The largest absolute Gasteiger partial charge is 0.375 e. The highest BCUT2D eigenvalue weighted by Gasteiger charge is 2.41. The zero-order valence-corrected chi connectivity index (χ0v) is 11.9. The monoisotopic (exact) mass is 252 g/mol. The first-order valence-electron chi connectivity index (χ1n) is 7.83. The van der Waals surface area contributed by atoms with Gasteiger partial charge in [0, 0.05) is 25.0 Å². The van der Waals surface area contributed by atoms with E-state index in [0.29, 0.717) is 18.2 Å². The average molecular weight is 252 g/mol. The Morgan fingerprint density at radius 1 is 1.33 bits per heavy atom. The van der Waals surface area contributed by atoms with Crippen molar-refractivity contribution in [2.24, 2.45) is 11.8 Å². The Labute approximate surface area is 111 Å². The van der Waals surface area contributed by atoms with Crippen molar-refractivity contribution in [3.8, 4) is 0 Å². The number of nitrogens with zero attached hydrogens (tertiary/aromatic N) is 1. The van der Waals surface area contributed by atoms with Crippen molar-refractivity contribution in [1.29, 1.82) is 0 Å². The van der Waals surface area contributed by atoms with Crippen LogP contribution < -0.4 is 5.32 Å². The minimum absolute atomic E-state index is 0.587. The van der Waals surface area contributed by atoms with Gasteiger partial charge in [0.2, 0.25) is 0 Å². The quantitative estimate of drug-likeness (QED) is 0.830. The summed E-state index contributed by atoms with van der Waals surface area (Å²) in [6, 6.07) is 0.673. The number of fused-ring (bicyclic) bond motifs is 2. The van der Waals surface area contributed by atoms with Gasteiger partial charge in [0.05, 0.1) is 12.2 Å². The van der Waals surface area contributed by atoms with E-state index >= 15 is 0 Å². The molecule has 104 valence electrons. The van der Waals surface area contributed by atoms with Crippen LogP contribution in [0.4, 0.5) is 0 Å². The first kappa shape index (κ1) is 12.9. The molecule has 0 amide bonds. The second kappa shape index (κ2) is 5.48. The van der Waals surface area contributed by atoms with E-state index in [-0.39, 0.29) is 0 Å². The van der Waals surface area contributed by atoms with E-state index in [1.54, 1.807) is 0 Å². The van der Waals surface area contributed by atoms with Crippen LogP contribution in [0, 0.1) is 11.8 Å². The molecule has 2 bridgehead atoms. The van der Waals surface area contributed by atoms with Crippen molar-refractivity contribution in [3.63, 3.8) is 0 Å². The minimum Gasteiger partial charge on any atom is -0.375 e. The summed E-state index contributed by atoms with van der Waals surface area (Å²) in [6.45, 7) is 9.62. The summed E-state index contributed by atoms with van der Waals surface area (Å²) in [4.78, 5) is 2.69. The third kappa shape index (κ3) is 2.73. The van der Waals surface area contributed by atoms with Gasteiger partial charge in [-0.15, -0.1) is 0 Å². The van der Waals surface area contributed by atoms with Crippen molar-refractivity contribution >= 4 is 0 Å². The Kier molecular flexibility index (Phi) is 3.92. The van der Waals surface area contributed by atoms with Crippen LogP contribution >= 0.6 is 0 Å². The average Bonchev–Trinajstić information content (AvgIpc) is 2.86. The van der Waals surface area contributed by atoms with Gasteiger partial charge >= 0.3 is 0 Å². The van der Waals surface area contributed by atoms with Crippen LogP contribution in [-0.4, -0.2) is 49.3 Å². The summed E-state index contributed by atoms with van der Waals surface area (Å²) in [5.74, 6) is 1.55. The topological polar surface area (TPSA) is 24.5 Å². The van der Waals surface area contributed by atoms with Gasteiger partial charge in [-0.25, -0.2) is 0 Å². The molecular formula is C15H28N2O. The predicted molar refractivity (Wildman–Crippen MR) is 73.7 cm³/mol. The summed E-state index contributed by atoms with van der Waals surface area (Å²) in [7, 11) is 0. The summed E-state index contributed by atoms with van der Waals surface area (Å²) >= 11 is 0. The smallest absolute Gasteiger partial charge is 0.0621 e. The fourth-order valence-corrected chi connectivity index (χ4v) is 3.90. The zero-order valence-electron chi connectivity index (χ0n) is 11.9. The van der Waals surface area contributed by atoms with Gasteiger partial charge in [-0.2, -0.15) is 0 Å². The fourth-order valence-electron chi connectivity index (χ4n) is 3.90. The van der Waals surface area contributed by atoms with Crippen molar-refractivity contribution < 1.29 is 4.74 Å². The maximum absolute atomic E-state index is 5.99. The van der Waals surface area contributed by atoms with Gasteiger partial charge in [-0.3, -0.25) is 0 Å². The molecule has 4 unspecified atom stereocenters. The lowest BCUT2D eigenvalue weighted by molar-refractivity contribution is 0.0831. The molecule has 3 aliphatic heterocycles. The van der Waals surface area contributed by atoms with Crippen LogP contribution in [0.2, 0.25) is 0 Å². The highest BCUT2D eigenvalue weighted by Crippen LogP contribution is 2.39. The predicted octanol–water partition coefficient (Wildman–Crippen LogP) is 1.87. The molecule has 3 nitrogen and oxygen atoms in total. The van der Waals surface area contributed by atoms with Crippen LogP contribution in [-0.2, 0) is 4.74 Å². The number of nitrogens with one attached hydrogen (secondary N) is 1. The van der Waals surface area contributed by atoms with E-state index < -0.39 is 0 Å². The number of rotatable bonds is 3. The normalized spacial score (nSPS) is 41.5. The lowest BCUT2D eigenvalue weighted by Gasteiger charge is -2.30. The first-order valence-corrected chi connectivity index (χ1v) is 7.83. The summed E-state index contributed by atoms with van der Waals surface area (Å²) in [5.41, 5.74) is 0. The van der Waals surface area contributed by atoms with E-state index in [0.717, 1.165) is 11.8 Å². The fraction of sp³-hybridized carbons (Fsp3) is 1.00. The molecule has 0 spiro atoms. The minimum atomic E-state index is 0.587. The molecule has 18 heavy (non-hydrogen) atoms. The van der Waals surface area contributed by atoms with E-state index in [4.69, 9.17) is 4.74 Å². The third-order valence-electron chi connectivity index (χ3n) is 5.04. The molecule has 3 aliphatic rings. The van der Waals surface area contributed by atoms with Crippen molar-refractivity contribution in [2.45, 2.75) is 57.8 Å². The molecule has 0 aromatic carbocycles. The van der Waals surface area contributed by atoms with E-state index in [9.17, 15) is 0 Å². The molecule has 3 heteroatoms. The Bertz CT molecular complexity index is 282. The highest BCUT2D eigenvalue weighted by atomic mass is 16.5. The SMILES string of the molecule is CC(C)C1CN(CC2CC3CCC2O3)CCCN1. The number of hydrogen-bond acceptors (Lipinski definition) is 3. The van der Waals surface area contributed by atoms with Gasteiger partial charge < -0.3 is 15.0 Å². The van der Waals surface area contributed by atoms with Crippen molar-refractivity contribution in [2.75, 3.05) is 26.2 Å². The van der Waals surface area contributed by atoms with Crippen LogP contribution in [0.3, 0.4) is 0 Å². The molecule has 3 saturated heterocycles. The molecule has 0 aromatic heterocycles. The van der Waals surface area contributed by atoms with Crippen LogP contribution in [0.1, 0.15) is 39.5 Å². The number of hydrogen-bond donors (Lipinski definition) is 1. The summed E-state index contributed by atoms with van der Waals surface area (Å²) in [6.07, 6.45) is 6.44. The molecule has 0 aromatic rings. The summed E-state index contributed by atoms with van der Waals surface area (Å²) in [5, 5.41) is 3.70. The van der Waals surface area contributed by atoms with Crippen LogP contribution in [0.5, 0.6) is 0 Å². The zero-order chi connectivity index (χ0) is 12.5. The van der Waals surface area contributed by atoms with Gasteiger partial charge in [-0.05, 0) is 44.7 Å². The maximum atomic E-state index is 5.99. The molecule has 0 aliphatic carbocycles. The van der Waals surface area contributed by atoms with Gasteiger partial charge in [0.1, 0.15) is 0 Å². The molecule has 0 radical (unpaired) electrons. The molecule has 0 saturated carbocycles. The molecular weight excluding hydrogens is 224 g/mol. The standard InChI is InChI=1S/C15H28N2O/c1-11(2)14-10-17(7-3-6-16-14)9-12-8-13-4-5-15(12)18-13/h11-16H,3-10H2,1-2H3. The number of ether oxygens (including phenoxy) is 1. The van der Waals surface area contributed by atoms with Gasteiger partial charge in [0.15, 0.2) is 0 Å². The molecule has 3 rings (SSSR count). The third-order valence-corrected chi connectivity index (χ3v) is 5.04. The van der Waals surface area contributed by atoms with Gasteiger partial charge in [0.25, 0.3) is 0 Å². The molecule has 3 heterocycles. The van der Waals surface area contributed by atoms with Crippen molar-refractivity contribution in [3.05, 3.63) is 0 Å². The van der Waals surface area contributed by atoms with E-state index in [1.807, 2.05) is 0 Å². The Morgan fingerprint density at radius 3 is 2.89 bits per heavy atom. The van der Waals surface area contributed by atoms with E-state index in [1.165, 1.54) is 51.9 Å². The molecule has 4 atom stereocenters. The van der Waals surface area contributed by atoms with Crippen LogP contribution in [0.25, 0.3) is 0 Å². The maximum Gasteiger partial charge on any atom is 0.0621 e. The highest BCUT2D eigenvalue weighted by molar-refractivity contribution is 4.91. The Morgan fingerprint density at radius 2 is 2.22 bits per heavy atom. The molecule has 3 fully saturated rings.